The van der Waals surface area contributed by atoms with Gasteiger partial charge in [0.15, 0.2) is 5.82 Å². The van der Waals surface area contributed by atoms with Crippen molar-refractivity contribution in [1.82, 2.24) is 9.97 Å². The van der Waals surface area contributed by atoms with Crippen molar-refractivity contribution in [3.63, 3.8) is 0 Å². The van der Waals surface area contributed by atoms with Crippen LogP contribution < -0.4 is 5.73 Å². The molecule has 0 atom stereocenters. The largest absolute Gasteiger partial charge is 0.383 e. The Hall–Kier alpha value is -2.10. The molecule has 2 aromatic rings. The minimum Gasteiger partial charge on any atom is -0.383 e. The van der Waals surface area contributed by atoms with Crippen molar-refractivity contribution in [1.29, 1.82) is 0 Å². The molecular formula is C11H12N4. The summed E-state index contributed by atoms with van der Waals surface area (Å²) in [5, 5.41) is 0. The van der Waals surface area contributed by atoms with E-state index in [4.69, 9.17) is 5.73 Å². The van der Waals surface area contributed by atoms with Gasteiger partial charge in [-0.15, -0.1) is 0 Å². The van der Waals surface area contributed by atoms with Gasteiger partial charge >= 0.3 is 0 Å². The van der Waals surface area contributed by atoms with E-state index < -0.39 is 0 Å². The third-order valence-corrected chi connectivity index (χ3v) is 2.00. The van der Waals surface area contributed by atoms with Crippen LogP contribution in [0.5, 0.6) is 0 Å². The first-order valence-electron chi connectivity index (χ1n) is 4.67. The van der Waals surface area contributed by atoms with E-state index in [1.54, 1.807) is 6.20 Å². The van der Waals surface area contributed by atoms with Crippen molar-refractivity contribution in [2.45, 2.75) is 6.92 Å². The summed E-state index contributed by atoms with van der Waals surface area (Å²) in [4.78, 5) is 11.3. The average Bonchev–Trinajstić information content (AvgIpc) is 2.65. The topological polar surface area (TPSA) is 67.1 Å². The van der Waals surface area contributed by atoms with E-state index in [2.05, 4.69) is 15.0 Å². The number of aromatic nitrogens is 2. The van der Waals surface area contributed by atoms with Gasteiger partial charge in [-0.3, -0.25) is 0 Å². The normalized spacial score (nSPS) is 11.7. The molecule has 0 aliphatic rings. The number of rotatable bonds is 2. The van der Waals surface area contributed by atoms with E-state index in [0.29, 0.717) is 11.7 Å². The van der Waals surface area contributed by atoms with Crippen molar-refractivity contribution in [2.75, 3.05) is 0 Å². The fraction of sp³-hybridized carbons (Fsp3) is 0.0909. The highest BCUT2D eigenvalue weighted by Gasteiger charge is 1.98. The molecule has 1 aromatic heterocycles. The molecule has 0 saturated heterocycles. The van der Waals surface area contributed by atoms with Gasteiger partial charge in [0.2, 0.25) is 0 Å². The molecule has 0 spiro atoms. The Morgan fingerprint density at radius 3 is 2.67 bits per heavy atom. The highest BCUT2D eigenvalue weighted by Crippen LogP contribution is 2.08. The number of nitrogens with two attached hydrogens (primary N) is 1. The van der Waals surface area contributed by atoms with Crippen LogP contribution in [-0.2, 0) is 0 Å². The number of H-pyrrole nitrogens is 1. The van der Waals surface area contributed by atoms with Crippen LogP contribution in [0.2, 0.25) is 0 Å². The second-order valence-corrected chi connectivity index (χ2v) is 3.22. The smallest absolute Gasteiger partial charge is 0.152 e. The zero-order chi connectivity index (χ0) is 10.7. The van der Waals surface area contributed by atoms with E-state index in [1.165, 1.54) is 0 Å². The second kappa shape index (κ2) is 3.96. The van der Waals surface area contributed by atoms with Crippen LogP contribution in [0, 0.1) is 6.92 Å². The van der Waals surface area contributed by atoms with E-state index in [1.807, 2.05) is 37.3 Å². The molecule has 0 unspecified atom stereocenters. The molecule has 2 rings (SSSR count). The second-order valence-electron chi connectivity index (χ2n) is 3.22. The molecule has 0 bridgehead atoms. The highest BCUT2D eigenvalue weighted by molar-refractivity contribution is 5.98. The van der Waals surface area contributed by atoms with Crippen LogP contribution in [0.25, 0.3) is 0 Å². The number of imidazole rings is 1. The summed E-state index contributed by atoms with van der Waals surface area (Å²) in [7, 11) is 0. The van der Waals surface area contributed by atoms with E-state index in [0.717, 1.165) is 11.4 Å². The first-order chi connectivity index (χ1) is 7.25. The van der Waals surface area contributed by atoms with Gasteiger partial charge in [0.1, 0.15) is 11.7 Å². The standard InChI is InChI=1S/C11H12N4/c1-8-13-7-10(14-8)15-11(12)9-5-3-2-4-6-9/h2-7H,1H3,(H2,12,15)(H,13,14). The molecule has 0 radical (unpaired) electrons. The molecule has 0 amide bonds. The summed E-state index contributed by atoms with van der Waals surface area (Å²) in [6, 6.07) is 9.63. The van der Waals surface area contributed by atoms with E-state index >= 15 is 0 Å². The van der Waals surface area contributed by atoms with Crippen molar-refractivity contribution >= 4 is 11.7 Å². The summed E-state index contributed by atoms with van der Waals surface area (Å²) < 4.78 is 0. The monoisotopic (exact) mass is 200 g/mol. The third-order valence-electron chi connectivity index (χ3n) is 2.00. The molecule has 0 aliphatic heterocycles. The molecule has 3 N–H and O–H groups in total. The van der Waals surface area contributed by atoms with Gasteiger partial charge in [0, 0.05) is 5.56 Å². The van der Waals surface area contributed by atoms with E-state index in [9.17, 15) is 0 Å². The number of benzene rings is 1. The summed E-state index contributed by atoms with van der Waals surface area (Å²) in [5.41, 5.74) is 6.75. The SMILES string of the molecule is Cc1ncc(N=C(N)c2ccccc2)[nH]1. The van der Waals surface area contributed by atoms with Crippen molar-refractivity contribution in [3.8, 4) is 0 Å². The zero-order valence-corrected chi connectivity index (χ0v) is 8.44. The first-order valence-corrected chi connectivity index (χ1v) is 4.67. The van der Waals surface area contributed by atoms with Crippen molar-refractivity contribution < 1.29 is 0 Å². The van der Waals surface area contributed by atoms with Crippen LogP contribution in [0.15, 0.2) is 41.5 Å². The predicted octanol–water partition coefficient (Wildman–Crippen LogP) is 1.76. The lowest BCUT2D eigenvalue weighted by molar-refractivity contribution is 1.14. The van der Waals surface area contributed by atoms with Crippen LogP contribution in [0.1, 0.15) is 11.4 Å². The number of nitrogens with one attached hydrogen (secondary N) is 1. The minimum absolute atomic E-state index is 0.485. The van der Waals surface area contributed by atoms with Gasteiger partial charge in [-0.05, 0) is 6.92 Å². The lowest BCUT2D eigenvalue weighted by Crippen LogP contribution is -2.12. The number of hydrogen-bond acceptors (Lipinski definition) is 2. The number of aryl methyl sites for hydroxylation is 1. The number of aromatic amines is 1. The van der Waals surface area contributed by atoms with Gasteiger partial charge in [-0.1, -0.05) is 30.3 Å². The zero-order valence-electron chi connectivity index (χ0n) is 8.44. The highest BCUT2D eigenvalue weighted by atomic mass is 15.0. The quantitative estimate of drug-likeness (QED) is 0.573. The Kier molecular flexibility index (Phi) is 2.49. The molecule has 15 heavy (non-hydrogen) atoms. The lowest BCUT2D eigenvalue weighted by Gasteiger charge is -1.98. The summed E-state index contributed by atoms with van der Waals surface area (Å²) in [6.45, 7) is 1.87. The van der Waals surface area contributed by atoms with Crippen LogP contribution in [0.3, 0.4) is 0 Å². The third kappa shape index (κ3) is 2.22. The molecular weight excluding hydrogens is 188 g/mol. The molecule has 0 aliphatic carbocycles. The molecule has 0 saturated carbocycles. The van der Waals surface area contributed by atoms with Crippen LogP contribution >= 0.6 is 0 Å². The Morgan fingerprint density at radius 1 is 1.33 bits per heavy atom. The van der Waals surface area contributed by atoms with Crippen LogP contribution in [0.4, 0.5) is 5.82 Å². The summed E-state index contributed by atoms with van der Waals surface area (Å²) >= 11 is 0. The Bertz CT molecular complexity index is 470. The van der Waals surface area contributed by atoms with E-state index in [-0.39, 0.29) is 0 Å². The van der Waals surface area contributed by atoms with Gasteiger partial charge in [0.25, 0.3) is 0 Å². The Labute approximate surface area is 87.9 Å². The average molecular weight is 200 g/mol. The van der Waals surface area contributed by atoms with Gasteiger partial charge < -0.3 is 10.7 Å². The Morgan fingerprint density at radius 2 is 2.07 bits per heavy atom. The number of nitrogens with zero attached hydrogens (tertiary/aromatic N) is 2. The van der Waals surface area contributed by atoms with Crippen LogP contribution in [-0.4, -0.2) is 15.8 Å². The summed E-state index contributed by atoms with van der Waals surface area (Å²) in [5.74, 6) is 1.99. The fourth-order valence-corrected chi connectivity index (χ4v) is 1.27. The molecule has 4 heteroatoms. The maximum atomic E-state index is 5.84. The molecule has 1 aromatic carbocycles. The molecule has 4 nitrogen and oxygen atoms in total. The lowest BCUT2D eigenvalue weighted by atomic mass is 10.2. The number of amidine groups is 1. The van der Waals surface area contributed by atoms with Gasteiger partial charge in [-0.25, -0.2) is 9.98 Å². The summed E-state index contributed by atoms with van der Waals surface area (Å²) in [6.07, 6.45) is 1.66. The maximum Gasteiger partial charge on any atom is 0.152 e. The Balaban J connectivity index is 2.28. The van der Waals surface area contributed by atoms with Crippen molar-refractivity contribution in [2.24, 2.45) is 10.7 Å². The van der Waals surface area contributed by atoms with Crippen molar-refractivity contribution in [3.05, 3.63) is 47.9 Å². The molecule has 0 fully saturated rings. The molecule has 1 heterocycles. The van der Waals surface area contributed by atoms with Gasteiger partial charge in [-0.2, -0.15) is 0 Å². The molecule has 76 valence electrons. The predicted molar refractivity (Wildman–Crippen MR) is 60.2 cm³/mol. The van der Waals surface area contributed by atoms with Gasteiger partial charge in [0.05, 0.1) is 6.20 Å². The fourth-order valence-electron chi connectivity index (χ4n) is 1.27. The number of aliphatic imine (C=N–C) groups is 1. The number of hydrogen-bond donors (Lipinski definition) is 2. The first kappa shape index (κ1) is 9.45. The maximum absolute atomic E-state index is 5.84. The minimum atomic E-state index is 0.485.